The predicted molar refractivity (Wildman–Crippen MR) is 99.0 cm³/mol. The number of ether oxygens (including phenoxy) is 1. The van der Waals surface area contributed by atoms with Crippen LogP contribution in [0.2, 0.25) is 10.0 Å². The Hall–Kier alpha value is -2.71. The minimum atomic E-state index is -0.796. The van der Waals surface area contributed by atoms with E-state index in [0.29, 0.717) is 23.0 Å². The third-order valence-corrected chi connectivity index (χ3v) is 4.27. The Kier molecular flexibility index (Phi) is 5.88. The summed E-state index contributed by atoms with van der Waals surface area (Å²) in [6.45, 7) is 1.71. The summed E-state index contributed by atoms with van der Waals surface area (Å²) in [5.41, 5.74) is 1.63. The van der Waals surface area contributed by atoms with Crippen molar-refractivity contribution >= 4 is 40.9 Å². The Labute approximate surface area is 164 Å². The largest absolute Gasteiger partial charge is 0.450 e. The molecule has 0 atom stereocenters. The van der Waals surface area contributed by atoms with Crippen LogP contribution in [0.15, 0.2) is 30.5 Å². The molecule has 0 aliphatic rings. The fraction of sp³-hybridized carbons (Fsp3) is 0.235. The Morgan fingerprint density at radius 2 is 2.07 bits per heavy atom. The number of hydrogen-bond acceptors (Lipinski definition) is 6. The van der Waals surface area contributed by atoms with Crippen LogP contribution in [0.3, 0.4) is 0 Å². The molecule has 0 saturated carbocycles. The summed E-state index contributed by atoms with van der Waals surface area (Å²) in [5, 5.41) is 7.75. The van der Waals surface area contributed by atoms with E-state index in [4.69, 9.17) is 27.9 Å². The summed E-state index contributed by atoms with van der Waals surface area (Å²) >= 11 is 11.9. The number of amides is 1. The Bertz CT molecular complexity index is 1010. The number of carbonyl (C=O) groups excluding carboxylic acids is 2. The number of fused-ring (bicyclic) bond motifs is 1. The molecule has 27 heavy (non-hydrogen) atoms. The van der Waals surface area contributed by atoms with Gasteiger partial charge in [0.1, 0.15) is 0 Å². The highest BCUT2D eigenvalue weighted by Crippen LogP contribution is 2.21. The molecular formula is C17H15Cl2N5O3. The number of rotatable bonds is 6. The van der Waals surface area contributed by atoms with E-state index in [9.17, 15) is 9.59 Å². The predicted octanol–water partition coefficient (Wildman–Crippen LogP) is 2.26. The lowest BCUT2D eigenvalue weighted by atomic mass is 10.1. The first-order valence-electron chi connectivity index (χ1n) is 8.00. The quantitative estimate of drug-likeness (QED) is 0.629. The molecule has 0 unspecified atom stereocenters. The number of hydrogen-bond donors (Lipinski definition) is 1. The second-order valence-electron chi connectivity index (χ2n) is 5.65. The number of aryl methyl sites for hydroxylation is 1. The topological polar surface area (TPSA) is 98.5 Å². The van der Waals surface area contributed by atoms with E-state index < -0.39 is 18.5 Å². The first kappa shape index (κ1) is 19.1. The maximum atomic E-state index is 12.0. The van der Waals surface area contributed by atoms with Crippen LogP contribution in [0.4, 0.5) is 0 Å². The number of nitrogens with zero attached hydrogens (tertiary/aromatic N) is 4. The van der Waals surface area contributed by atoms with Crippen molar-refractivity contribution in [1.29, 1.82) is 0 Å². The molecule has 0 radical (unpaired) electrons. The molecule has 1 amide bonds. The van der Waals surface area contributed by atoms with Gasteiger partial charge in [-0.1, -0.05) is 29.3 Å². The van der Waals surface area contributed by atoms with Gasteiger partial charge in [-0.25, -0.2) is 14.3 Å². The monoisotopic (exact) mass is 407 g/mol. The van der Waals surface area contributed by atoms with Crippen molar-refractivity contribution in [2.45, 2.75) is 13.3 Å². The fourth-order valence-corrected chi connectivity index (χ4v) is 2.80. The highest BCUT2D eigenvalue weighted by Gasteiger charge is 2.17. The number of halogens is 2. The molecule has 1 aromatic carbocycles. The zero-order valence-electron chi connectivity index (χ0n) is 14.3. The minimum Gasteiger partial charge on any atom is -0.450 e. The first-order chi connectivity index (χ1) is 12.9. The average Bonchev–Trinajstić information content (AvgIpc) is 3.07. The van der Waals surface area contributed by atoms with Gasteiger partial charge in [-0.2, -0.15) is 4.98 Å². The Morgan fingerprint density at radius 3 is 2.81 bits per heavy atom. The van der Waals surface area contributed by atoms with E-state index in [2.05, 4.69) is 20.4 Å². The van der Waals surface area contributed by atoms with Gasteiger partial charge >= 0.3 is 5.97 Å². The lowest BCUT2D eigenvalue weighted by molar-refractivity contribution is -0.124. The SMILES string of the molecule is Cc1ccnc2nc(C(=O)OCC(=O)NCCc3ccc(Cl)cc3Cl)nn12. The summed E-state index contributed by atoms with van der Waals surface area (Å²) < 4.78 is 6.36. The van der Waals surface area contributed by atoms with Crippen molar-refractivity contribution in [3.63, 3.8) is 0 Å². The third-order valence-electron chi connectivity index (χ3n) is 3.68. The molecule has 10 heteroatoms. The van der Waals surface area contributed by atoms with Crippen LogP contribution < -0.4 is 5.32 Å². The molecule has 2 aromatic heterocycles. The van der Waals surface area contributed by atoms with Gasteiger partial charge in [0.25, 0.3) is 17.5 Å². The molecule has 0 fully saturated rings. The molecule has 3 rings (SSSR count). The first-order valence-corrected chi connectivity index (χ1v) is 8.76. The second kappa shape index (κ2) is 8.32. The molecule has 0 saturated heterocycles. The fourth-order valence-electron chi connectivity index (χ4n) is 2.30. The molecule has 0 spiro atoms. The average molecular weight is 408 g/mol. The van der Waals surface area contributed by atoms with Crippen LogP contribution in [0.1, 0.15) is 21.9 Å². The molecule has 3 aromatic rings. The van der Waals surface area contributed by atoms with Crippen molar-refractivity contribution in [2.75, 3.05) is 13.2 Å². The highest BCUT2D eigenvalue weighted by atomic mass is 35.5. The molecular weight excluding hydrogens is 393 g/mol. The number of aromatic nitrogens is 4. The van der Waals surface area contributed by atoms with Gasteiger partial charge in [0.2, 0.25) is 0 Å². The maximum absolute atomic E-state index is 12.0. The molecule has 8 nitrogen and oxygen atoms in total. The van der Waals surface area contributed by atoms with Crippen LogP contribution in [-0.4, -0.2) is 44.6 Å². The molecule has 0 aliphatic heterocycles. The van der Waals surface area contributed by atoms with Crippen molar-refractivity contribution in [3.05, 3.63) is 57.6 Å². The summed E-state index contributed by atoms with van der Waals surface area (Å²) in [5.74, 6) is -1.11. The maximum Gasteiger partial charge on any atom is 0.378 e. The number of esters is 1. The molecule has 140 valence electrons. The Morgan fingerprint density at radius 1 is 1.26 bits per heavy atom. The summed E-state index contributed by atoms with van der Waals surface area (Å²) in [4.78, 5) is 31.8. The van der Waals surface area contributed by atoms with E-state index in [1.165, 1.54) is 4.52 Å². The zero-order chi connectivity index (χ0) is 19.4. The second-order valence-corrected chi connectivity index (χ2v) is 6.49. The standard InChI is InChI=1S/C17H15Cl2N5O3/c1-10-4-6-21-17-22-15(23-24(10)17)16(26)27-9-14(25)20-7-5-11-2-3-12(18)8-13(11)19/h2-4,6,8H,5,7,9H2,1H3,(H,20,25). The normalized spacial score (nSPS) is 10.8. The third kappa shape index (κ3) is 4.72. The van der Waals surface area contributed by atoms with Gasteiger partial charge in [0.05, 0.1) is 0 Å². The number of carbonyl (C=O) groups is 2. The molecule has 2 heterocycles. The number of benzene rings is 1. The van der Waals surface area contributed by atoms with Crippen LogP contribution >= 0.6 is 23.2 Å². The lowest BCUT2D eigenvalue weighted by Crippen LogP contribution is -2.30. The van der Waals surface area contributed by atoms with Crippen molar-refractivity contribution in [3.8, 4) is 0 Å². The van der Waals surface area contributed by atoms with Crippen LogP contribution in [0.25, 0.3) is 5.78 Å². The van der Waals surface area contributed by atoms with Crippen molar-refractivity contribution in [1.82, 2.24) is 24.9 Å². The summed E-state index contributed by atoms with van der Waals surface area (Å²) in [6.07, 6.45) is 2.09. The van der Waals surface area contributed by atoms with E-state index >= 15 is 0 Å². The summed E-state index contributed by atoms with van der Waals surface area (Å²) in [7, 11) is 0. The van der Waals surface area contributed by atoms with Gasteiger partial charge in [-0.05, 0) is 37.1 Å². The highest BCUT2D eigenvalue weighted by molar-refractivity contribution is 6.35. The smallest absolute Gasteiger partial charge is 0.378 e. The number of nitrogens with one attached hydrogen (secondary N) is 1. The van der Waals surface area contributed by atoms with Gasteiger partial charge in [-0.15, -0.1) is 5.10 Å². The van der Waals surface area contributed by atoms with Crippen LogP contribution in [-0.2, 0) is 16.0 Å². The van der Waals surface area contributed by atoms with Crippen molar-refractivity contribution < 1.29 is 14.3 Å². The molecule has 0 bridgehead atoms. The van der Waals surface area contributed by atoms with Gasteiger partial charge in [-0.3, -0.25) is 4.79 Å². The zero-order valence-corrected chi connectivity index (χ0v) is 15.8. The van der Waals surface area contributed by atoms with Gasteiger partial charge in [0, 0.05) is 28.5 Å². The Balaban J connectivity index is 1.48. The molecule has 1 N–H and O–H groups in total. The van der Waals surface area contributed by atoms with E-state index in [1.54, 1.807) is 37.4 Å². The van der Waals surface area contributed by atoms with Gasteiger partial charge in [0.15, 0.2) is 6.61 Å². The summed E-state index contributed by atoms with van der Waals surface area (Å²) in [6, 6.07) is 6.89. The van der Waals surface area contributed by atoms with E-state index in [1.807, 2.05) is 0 Å². The van der Waals surface area contributed by atoms with Crippen molar-refractivity contribution in [2.24, 2.45) is 0 Å². The minimum absolute atomic E-state index is 0.155. The van der Waals surface area contributed by atoms with Crippen LogP contribution in [0, 0.1) is 6.92 Å². The van der Waals surface area contributed by atoms with E-state index in [0.717, 1.165) is 11.3 Å². The lowest BCUT2D eigenvalue weighted by Gasteiger charge is -2.07. The van der Waals surface area contributed by atoms with Crippen LogP contribution in [0.5, 0.6) is 0 Å². The van der Waals surface area contributed by atoms with E-state index in [-0.39, 0.29) is 11.6 Å². The van der Waals surface area contributed by atoms with Gasteiger partial charge < -0.3 is 10.1 Å². The molecule has 0 aliphatic carbocycles.